The second kappa shape index (κ2) is 8.66. The van der Waals surface area contributed by atoms with E-state index in [1.807, 2.05) is 4.90 Å². The van der Waals surface area contributed by atoms with Gasteiger partial charge in [-0.25, -0.2) is 13.2 Å². The molecule has 31 heavy (non-hydrogen) atoms. The van der Waals surface area contributed by atoms with E-state index >= 15 is 0 Å². The lowest BCUT2D eigenvalue weighted by atomic mass is 10.1. The Kier molecular flexibility index (Phi) is 6.35. The number of nitrogens with one attached hydrogen (secondary N) is 1. The molecule has 0 spiro atoms. The van der Waals surface area contributed by atoms with Crippen LogP contribution in [0.5, 0.6) is 5.75 Å². The van der Waals surface area contributed by atoms with Crippen molar-refractivity contribution in [2.45, 2.75) is 30.3 Å². The van der Waals surface area contributed by atoms with Crippen LogP contribution in [0.3, 0.4) is 0 Å². The fourth-order valence-electron chi connectivity index (χ4n) is 3.38. The van der Waals surface area contributed by atoms with E-state index in [1.165, 1.54) is 12.1 Å². The summed E-state index contributed by atoms with van der Waals surface area (Å²) in [5.41, 5.74) is -1.11. The first kappa shape index (κ1) is 22.7. The number of carbonyl (C=O) groups is 1. The summed E-state index contributed by atoms with van der Waals surface area (Å²) < 4.78 is 72.4. The van der Waals surface area contributed by atoms with Crippen molar-refractivity contribution in [3.8, 4) is 5.75 Å². The molecular formula is C20H21F3N2O5S. The van der Waals surface area contributed by atoms with Crippen molar-refractivity contribution in [2.24, 2.45) is 0 Å². The Hall–Kier alpha value is -2.95. The van der Waals surface area contributed by atoms with Crippen molar-refractivity contribution >= 4 is 27.4 Å². The van der Waals surface area contributed by atoms with E-state index in [0.717, 1.165) is 50.6 Å². The van der Waals surface area contributed by atoms with Crippen LogP contribution in [-0.4, -0.2) is 39.7 Å². The number of alkyl halides is 3. The molecule has 0 radical (unpaired) electrons. The molecule has 0 saturated carbocycles. The summed E-state index contributed by atoms with van der Waals surface area (Å²) in [5.74, 6) is -1.49. The number of benzene rings is 2. The van der Waals surface area contributed by atoms with Gasteiger partial charge in [-0.15, -0.1) is 0 Å². The van der Waals surface area contributed by atoms with E-state index in [2.05, 4.69) is 9.46 Å². The molecule has 1 fully saturated rings. The minimum Gasteiger partial charge on any atom is -0.507 e. The van der Waals surface area contributed by atoms with Gasteiger partial charge in [0.25, 0.3) is 10.0 Å². The quantitative estimate of drug-likeness (QED) is 0.658. The van der Waals surface area contributed by atoms with E-state index in [1.54, 1.807) is 0 Å². The van der Waals surface area contributed by atoms with Crippen molar-refractivity contribution in [1.29, 1.82) is 0 Å². The van der Waals surface area contributed by atoms with Gasteiger partial charge in [0.05, 0.1) is 29.6 Å². The number of nitrogens with zero attached hydrogens (tertiary/aromatic N) is 1. The first-order chi connectivity index (χ1) is 14.5. The highest BCUT2D eigenvalue weighted by Crippen LogP contribution is 2.38. The largest absolute Gasteiger partial charge is 0.507 e. The topological polar surface area (TPSA) is 95.9 Å². The lowest BCUT2D eigenvalue weighted by molar-refractivity contribution is -0.137. The highest BCUT2D eigenvalue weighted by atomic mass is 32.2. The number of hydrogen-bond donors (Lipinski definition) is 2. The van der Waals surface area contributed by atoms with Gasteiger partial charge in [0, 0.05) is 13.1 Å². The normalized spacial score (nSPS) is 14.9. The van der Waals surface area contributed by atoms with Crippen molar-refractivity contribution < 1.29 is 36.2 Å². The van der Waals surface area contributed by atoms with E-state index in [0.29, 0.717) is 18.8 Å². The van der Waals surface area contributed by atoms with Crippen molar-refractivity contribution in [3.05, 3.63) is 47.5 Å². The molecule has 0 bridgehead atoms. The van der Waals surface area contributed by atoms with Crippen molar-refractivity contribution in [2.75, 3.05) is 29.8 Å². The molecule has 0 unspecified atom stereocenters. The zero-order chi connectivity index (χ0) is 22.8. The third-order valence-electron chi connectivity index (χ3n) is 4.94. The van der Waals surface area contributed by atoms with Gasteiger partial charge in [0.1, 0.15) is 10.6 Å². The fourth-order valence-corrected chi connectivity index (χ4v) is 4.57. The lowest BCUT2D eigenvalue weighted by Crippen LogP contribution is -2.30. The third kappa shape index (κ3) is 5.04. The molecule has 1 saturated heterocycles. The number of sulfonamides is 1. The first-order valence-corrected chi connectivity index (χ1v) is 10.9. The van der Waals surface area contributed by atoms with Gasteiger partial charge >= 0.3 is 12.1 Å². The molecule has 0 aliphatic carbocycles. The molecule has 2 N–H and O–H groups in total. The van der Waals surface area contributed by atoms with Crippen molar-refractivity contribution in [3.63, 3.8) is 0 Å². The minimum atomic E-state index is -4.67. The average Bonchev–Trinajstić information content (AvgIpc) is 2.73. The standard InChI is InChI=1S/C20H21F3N2O5S/c1-30-19(27)13-5-8-17(26)18(11-13)31(28,29)24-15-12-14(20(21,22)23)6-7-16(15)25-9-3-2-4-10-25/h5-8,11-12,24,26H,2-4,9-10H2,1H3. The number of anilines is 2. The molecule has 1 aliphatic heterocycles. The van der Waals surface area contributed by atoms with Gasteiger partial charge < -0.3 is 14.7 Å². The summed E-state index contributed by atoms with van der Waals surface area (Å²) in [6, 6.07) is 5.93. The van der Waals surface area contributed by atoms with E-state index in [9.17, 15) is 31.5 Å². The van der Waals surface area contributed by atoms with Crippen LogP contribution >= 0.6 is 0 Å². The summed E-state index contributed by atoms with van der Waals surface area (Å²) in [6.45, 7) is 1.15. The van der Waals surface area contributed by atoms with Gasteiger partial charge in [-0.05, 0) is 55.7 Å². The molecule has 0 amide bonds. The van der Waals surface area contributed by atoms with Gasteiger partial charge in [-0.2, -0.15) is 13.2 Å². The Bertz CT molecular complexity index is 1080. The van der Waals surface area contributed by atoms with Gasteiger partial charge in [-0.1, -0.05) is 0 Å². The maximum Gasteiger partial charge on any atom is 0.416 e. The second-order valence-corrected chi connectivity index (χ2v) is 8.71. The van der Waals surface area contributed by atoms with E-state index < -0.39 is 38.4 Å². The molecule has 1 heterocycles. The summed E-state index contributed by atoms with van der Waals surface area (Å²) in [5, 5.41) is 10.0. The molecule has 168 valence electrons. The number of phenols is 1. The van der Waals surface area contributed by atoms with Gasteiger partial charge in [0.2, 0.25) is 0 Å². The van der Waals surface area contributed by atoms with E-state index in [4.69, 9.17) is 0 Å². The number of piperidine rings is 1. The predicted molar refractivity (Wildman–Crippen MR) is 108 cm³/mol. The fraction of sp³-hybridized carbons (Fsp3) is 0.350. The number of esters is 1. The Morgan fingerprint density at radius 1 is 1.10 bits per heavy atom. The lowest BCUT2D eigenvalue weighted by Gasteiger charge is -2.31. The molecule has 3 rings (SSSR count). The smallest absolute Gasteiger partial charge is 0.416 e. The average molecular weight is 458 g/mol. The zero-order valence-corrected chi connectivity index (χ0v) is 17.4. The van der Waals surface area contributed by atoms with Crippen LogP contribution in [0.15, 0.2) is 41.3 Å². The third-order valence-corrected chi connectivity index (χ3v) is 6.33. The second-order valence-electron chi connectivity index (χ2n) is 7.06. The number of halogens is 3. The Labute approximate surface area is 177 Å². The highest BCUT2D eigenvalue weighted by molar-refractivity contribution is 7.92. The van der Waals surface area contributed by atoms with E-state index in [-0.39, 0.29) is 11.3 Å². The van der Waals surface area contributed by atoms with Crippen LogP contribution in [0.4, 0.5) is 24.5 Å². The van der Waals surface area contributed by atoms with Crippen LogP contribution in [0.1, 0.15) is 35.2 Å². The maximum atomic E-state index is 13.3. The molecule has 2 aromatic rings. The number of hydrogen-bond acceptors (Lipinski definition) is 6. The zero-order valence-electron chi connectivity index (χ0n) is 16.6. The minimum absolute atomic E-state index is 0.138. The SMILES string of the molecule is COC(=O)c1ccc(O)c(S(=O)(=O)Nc2cc(C(F)(F)F)ccc2N2CCCCC2)c1. The monoisotopic (exact) mass is 458 g/mol. The molecular weight excluding hydrogens is 437 g/mol. The van der Waals surface area contributed by atoms with Crippen molar-refractivity contribution in [1.82, 2.24) is 0 Å². The van der Waals surface area contributed by atoms with Gasteiger partial charge in [0.15, 0.2) is 0 Å². The summed E-state index contributed by atoms with van der Waals surface area (Å²) in [4.78, 5) is 12.9. The van der Waals surface area contributed by atoms with Crippen LogP contribution in [-0.2, 0) is 20.9 Å². The van der Waals surface area contributed by atoms with Crippen LogP contribution in [0.2, 0.25) is 0 Å². The number of rotatable bonds is 5. The molecule has 11 heteroatoms. The number of carbonyl (C=O) groups excluding carboxylic acids is 1. The summed E-state index contributed by atoms with van der Waals surface area (Å²) >= 11 is 0. The number of ether oxygens (including phenoxy) is 1. The first-order valence-electron chi connectivity index (χ1n) is 9.43. The Morgan fingerprint density at radius 3 is 2.39 bits per heavy atom. The van der Waals surface area contributed by atoms with Crippen LogP contribution in [0.25, 0.3) is 0 Å². The van der Waals surface area contributed by atoms with Crippen LogP contribution in [0, 0.1) is 0 Å². The molecule has 0 atom stereocenters. The Morgan fingerprint density at radius 2 is 1.77 bits per heavy atom. The van der Waals surface area contributed by atoms with Gasteiger partial charge in [-0.3, -0.25) is 4.72 Å². The summed E-state index contributed by atoms with van der Waals surface area (Å²) in [7, 11) is -3.43. The number of phenolic OH excluding ortho intramolecular Hbond substituents is 1. The highest BCUT2D eigenvalue weighted by Gasteiger charge is 2.32. The molecule has 7 nitrogen and oxygen atoms in total. The molecule has 1 aliphatic rings. The molecule has 2 aromatic carbocycles. The van der Waals surface area contributed by atoms with Crippen LogP contribution < -0.4 is 9.62 Å². The molecule has 0 aromatic heterocycles. The summed E-state index contributed by atoms with van der Waals surface area (Å²) in [6.07, 6.45) is -2.04. The number of methoxy groups -OCH3 is 1. The number of aromatic hydroxyl groups is 1. The Balaban J connectivity index is 2.06. The predicted octanol–water partition coefficient (Wildman–Crippen LogP) is 3.99. The maximum absolute atomic E-state index is 13.3.